The Kier molecular flexibility index (Phi) is 3.19. The van der Waals surface area contributed by atoms with Crippen LogP contribution >= 0.6 is 0 Å². The lowest BCUT2D eigenvalue weighted by molar-refractivity contribution is 0.0690. The summed E-state index contributed by atoms with van der Waals surface area (Å²) < 4.78 is 1.69. The van der Waals surface area contributed by atoms with E-state index in [1.54, 1.807) is 4.68 Å². The fraction of sp³-hybridized carbons (Fsp3) is 0.700. The smallest absolute Gasteiger partial charge is 0.358 e. The van der Waals surface area contributed by atoms with E-state index in [0.29, 0.717) is 0 Å². The number of rotatable bonds is 3. The minimum absolute atomic E-state index is 0.0219. The van der Waals surface area contributed by atoms with Crippen molar-refractivity contribution in [3.8, 4) is 0 Å². The minimum atomic E-state index is -1.02. The highest BCUT2D eigenvalue weighted by atomic mass is 16.4. The van der Waals surface area contributed by atoms with Crippen LogP contribution in [0.2, 0.25) is 0 Å². The Balaban J connectivity index is 2.08. The molecule has 0 bridgehead atoms. The van der Waals surface area contributed by atoms with Crippen LogP contribution in [-0.4, -0.2) is 50.6 Å². The lowest BCUT2D eigenvalue weighted by Crippen LogP contribution is -2.36. The Morgan fingerprint density at radius 3 is 3.12 bits per heavy atom. The lowest BCUT2D eigenvalue weighted by atomic mass is 10.1. The van der Waals surface area contributed by atoms with E-state index in [4.69, 9.17) is 5.11 Å². The second kappa shape index (κ2) is 4.61. The van der Waals surface area contributed by atoms with Crippen LogP contribution in [0.3, 0.4) is 0 Å². The first-order valence-electron chi connectivity index (χ1n) is 5.58. The van der Waals surface area contributed by atoms with E-state index in [1.807, 2.05) is 0 Å². The molecule has 0 spiro atoms. The highest BCUT2D eigenvalue weighted by molar-refractivity contribution is 5.84. The van der Waals surface area contributed by atoms with Crippen molar-refractivity contribution >= 4 is 5.97 Å². The van der Waals surface area contributed by atoms with Gasteiger partial charge in [0.25, 0.3) is 0 Å². The fourth-order valence-electron chi connectivity index (χ4n) is 2.09. The number of carboxylic acid groups (broad SMARTS) is 1. The van der Waals surface area contributed by atoms with Gasteiger partial charge in [-0.25, -0.2) is 9.48 Å². The average molecular weight is 224 g/mol. The third-order valence-electron chi connectivity index (χ3n) is 3.03. The minimum Gasteiger partial charge on any atom is -0.476 e. The van der Waals surface area contributed by atoms with Crippen molar-refractivity contribution in [1.82, 2.24) is 19.9 Å². The van der Waals surface area contributed by atoms with E-state index in [9.17, 15) is 4.79 Å². The Labute approximate surface area is 93.9 Å². The number of likely N-dealkylation sites (tertiary alicyclic amines) is 1. The van der Waals surface area contributed by atoms with Crippen molar-refractivity contribution in [2.24, 2.45) is 0 Å². The van der Waals surface area contributed by atoms with E-state index in [2.05, 4.69) is 22.1 Å². The third kappa shape index (κ3) is 2.21. The SMILES string of the molecule is CCN1CCC[C@H](n2cc(C(=O)O)nn2)C1. The second-order valence-electron chi connectivity index (χ2n) is 4.08. The van der Waals surface area contributed by atoms with E-state index in [0.717, 1.165) is 32.5 Å². The second-order valence-corrected chi connectivity index (χ2v) is 4.08. The highest BCUT2D eigenvalue weighted by Gasteiger charge is 2.22. The summed E-state index contributed by atoms with van der Waals surface area (Å²) in [6.45, 7) is 5.20. The molecular formula is C10H16N4O2. The Morgan fingerprint density at radius 2 is 2.50 bits per heavy atom. The third-order valence-corrected chi connectivity index (χ3v) is 3.03. The highest BCUT2D eigenvalue weighted by Crippen LogP contribution is 2.20. The normalized spacial score (nSPS) is 22.2. The molecule has 6 heteroatoms. The summed E-state index contributed by atoms with van der Waals surface area (Å²) in [5.41, 5.74) is 0.0219. The van der Waals surface area contributed by atoms with E-state index in [1.165, 1.54) is 6.20 Å². The van der Waals surface area contributed by atoms with E-state index >= 15 is 0 Å². The number of nitrogens with zero attached hydrogens (tertiary/aromatic N) is 4. The summed E-state index contributed by atoms with van der Waals surface area (Å²) >= 11 is 0. The predicted octanol–water partition coefficient (Wildman–Crippen LogP) is 0.633. The molecule has 1 N–H and O–H groups in total. The first-order chi connectivity index (χ1) is 7.70. The first-order valence-corrected chi connectivity index (χ1v) is 5.58. The molecule has 1 aromatic rings. The molecule has 1 fully saturated rings. The summed E-state index contributed by atoms with van der Waals surface area (Å²) in [6.07, 6.45) is 3.69. The van der Waals surface area contributed by atoms with Crippen LogP contribution < -0.4 is 0 Å². The summed E-state index contributed by atoms with van der Waals surface area (Å²) in [5.74, 6) is -1.02. The molecule has 1 aliphatic heterocycles. The summed E-state index contributed by atoms with van der Waals surface area (Å²) in [7, 11) is 0. The quantitative estimate of drug-likeness (QED) is 0.815. The van der Waals surface area contributed by atoms with Crippen LogP contribution in [0.4, 0.5) is 0 Å². The van der Waals surface area contributed by atoms with Gasteiger partial charge in [-0.2, -0.15) is 0 Å². The number of likely N-dealkylation sites (N-methyl/N-ethyl adjacent to an activating group) is 1. The van der Waals surface area contributed by atoms with Crippen LogP contribution in [0.1, 0.15) is 36.3 Å². The molecule has 0 radical (unpaired) electrons. The first kappa shape index (κ1) is 11.1. The van der Waals surface area contributed by atoms with Crippen LogP contribution in [0, 0.1) is 0 Å². The van der Waals surface area contributed by atoms with Gasteiger partial charge >= 0.3 is 5.97 Å². The van der Waals surface area contributed by atoms with Crippen LogP contribution in [0.15, 0.2) is 6.20 Å². The molecule has 1 atom stereocenters. The van der Waals surface area contributed by atoms with Crippen LogP contribution in [0.25, 0.3) is 0 Å². The molecule has 1 aromatic heterocycles. The van der Waals surface area contributed by atoms with Gasteiger partial charge in [-0.05, 0) is 25.9 Å². The number of hydrogen-bond acceptors (Lipinski definition) is 4. The van der Waals surface area contributed by atoms with Gasteiger partial charge in [-0.3, -0.25) is 0 Å². The molecule has 1 saturated heterocycles. The maximum atomic E-state index is 10.7. The molecule has 2 rings (SSSR count). The molecule has 0 aromatic carbocycles. The number of aromatic carboxylic acids is 1. The monoisotopic (exact) mass is 224 g/mol. The summed E-state index contributed by atoms with van der Waals surface area (Å²) in [5, 5.41) is 16.3. The average Bonchev–Trinajstić information content (AvgIpc) is 2.78. The molecule has 2 heterocycles. The number of carboxylic acids is 1. The predicted molar refractivity (Wildman–Crippen MR) is 57.4 cm³/mol. The fourth-order valence-corrected chi connectivity index (χ4v) is 2.09. The molecule has 0 unspecified atom stereocenters. The van der Waals surface area contributed by atoms with Crippen molar-refractivity contribution in [3.05, 3.63) is 11.9 Å². The van der Waals surface area contributed by atoms with Crippen molar-refractivity contribution < 1.29 is 9.90 Å². The van der Waals surface area contributed by atoms with Crippen LogP contribution in [-0.2, 0) is 0 Å². The Hall–Kier alpha value is -1.43. The Morgan fingerprint density at radius 1 is 1.69 bits per heavy atom. The maximum Gasteiger partial charge on any atom is 0.358 e. The molecule has 6 nitrogen and oxygen atoms in total. The van der Waals surface area contributed by atoms with E-state index in [-0.39, 0.29) is 11.7 Å². The van der Waals surface area contributed by atoms with Crippen LogP contribution in [0.5, 0.6) is 0 Å². The number of carbonyl (C=O) groups is 1. The van der Waals surface area contributed by atoms with Gasteiger partial charge in [0.2, 0.25) is 0 Å². The summed E-state index contributed by atoms with van der Waals surface area (Å²) in [6, 6.07) is 0.259. The maximum absolute atomic E-state index is 10.7. The molecule has 0 aliphatic carbocycles. The number of piperidine rings is 1. The number of aromatic nitrogens is 3. The topological polar surface area (TPSA) is 71.2 Å². The zero-order valence-corrected chi connectivity index (χ0v) is 9.33. The molecule has 1 aliphatic rings. The zero-order chi connectivity index (χ0) is 11.5. The van der Waals surface area contributed by atoms with E-state index < -0.39 is 5.97 Å². The van der Waals surface area contributed by atoms with Crippen molar-refractivity contribution in [2.75, 3.05) is 19.6 Å². The molecule has 16 heavy (non-hydrogen) atoms. The standard InChI is InChI=1S/C10H16N4O2/c1-2-13-5-3-4-8(6-13)14-7-9(10(15)16)11-12-14/h7-8H,2-6H2,1H3,(H,15,16)/t8-/m0/s1. The molecular weight excluding hydrogens is 208 g/mol. The van der Waals surface area contributed by atoms with Gasteiger partial charge in [0, 0.05) is 6.54 Å². The zero-order valence-electron chi connectivity index (χ0n) is 9.33. The van der Waals surface area contributed by atoms with Gasteiger partial charge in [-0.15, -0.1) is 5.10 Å². The molecule has 0 saturated carbocycles. The van der Waals surface area contributed by atoms with Gasteiger partial charge < -0.3 is 10.0 Å². The summed E-state index contributed by atoms with van der Waals surface area (Å²) in [4.78, 5) is 13.0. The van der Waals surface area contributed by atoms with Gasteiger partial charge in [-0.1, -0.05) is 12.1 Å². The van der Waals surface area contributed by atoms with Crippen molar-refractivity contribution in [2.45, 2.75) is 25.8 Å². The van der Waals surface area contributed by atoms with Crippen molar-refractivity contribution in [3.63, 3.8) is 0 Å². The Bertz CT molecular complexity index is 377. The van der Waals surface area contributed by atoms with Gasteiger partial charge in [0.05, 0.1) is 12.2 Å². The van der Waals surface area contributed by atoms with Gasteiger partial charge in [0.15, 0.2) is 5.69 Å². The largest absolute Gasteiger partial charge is 0.476 e. The lowest BCUT2D eigenvalue weighted by Gasteiger charge is -2.31. The number of hydrogen-bond donors (Lipinski definition) is 1. The van der Waals surface area contributed by atoms with Crippen molar-refractivity contribution in [1.29, 1.82) is 0 Å². The molecule has 0 amide bonds. The van der Waals surface area contributed by atoms with Gasteiger partial charge in [0.1, 0.15) is 0 Å². The molecule has 88 valence electrons.